The minimum absolute atomic E-state index is 0.0921. The summed E-state index contributed by atoms with van der Waals surface area (Å²) in [6.45, 7) is 4.42. The van der Waals surface area contributed by atoms with E-state index in [0.29, 0.717) is 32.2 Å². The SMILES string of the molecule is CCOCC(CC1CCCN(S(C)(=O)=O)C1)NN. The van der Waals surface area contributed by atoms with Crippen LogP contribution in [0.3, 0.4) is 0 Å². The predicted molar refractivity (Wildman–Crippen MR) is 71.4 cm³/mol. The normalized spacial score (nSPS) is 24.1. The van der Waals surface area contributed by atoms with Crippen LogP contribution >= 0.6 is 0 Å². The lowest BCUT2D eigenvalue weighted by atomic mass is 9.93. The van der Waals surface area contributed by atoms with Crippen LogP contribution in [0.4, 0.5) is 0 Å². The molecule has 108 valence electrons. The molecule has 0 aromatic carbocycles. The minimum atomic E-state index is -3.07. The molecule has 2 unspecified atom stereocenters. The molecule has 0 saturated carbocycles. The Kier molecular flexibility index (Phi) is 6.51. The molecule has 0 bridgehead atoms. The number of piperidine rings is 1. The van der Waals surface area contributed by atoms with Crippen molar-refractivity contribution >= 4 is 10.0 Å². The van der Waals surface area contributed by atoms with Crippen LogP contribution in [-0.2, 0) is 14.8 Å². The Labute approximate surface area is 110 Å². The second kappa shape index (κ2) is 7.40. The van der Waals surface area contributed by atoms with E-state index in [0.717, 1.165) is 19.3 Å². The van der Waals surface area contributed by atoms with E-state index in [4.69, 9.17) is 10.6 Å². The molecule has 0 aromatic rings. The molecular weight excluding hydrogens is 254 g/mol. The van der Waals surface area contributed by atoms with Crippen molar-refractivity contribution in [1.29, 1.82) is 0 Å². The van der Waals surface area contributed by atoms with Crippen molar-refractivity contribution in [2.24, 2.45) is 11.8 Å². The summed E-state index contributed by atoms with van der Waals surface area (Å²) in [5, 5.41) is 0. The third kappa shape index (κ3) is 5.19. The summed E-state index contributed by atoms with van der Waals surface area (Å²) in [6, 6.07) is 0.0921. The van der Waals surface area contributed by atoms with Gasteiger partial charge in [0, 0.05) is 25.7 Å². The Balaban J connectivity index is 2.46. The van der Waals surface area contributed by atoms with Crippen LogP contribution in [0.15, 0.2) is 0 Å². The van der Waals surface area contributed by atoms with E-state index < -0.39 is 10.0 Å². The average molecular weight is 279 g/mol. The minimum Gasteiger partial charge on any atom is -0.380 e. The maximum absolute atomic E-state index is 11.5. The van der Waals surface area contributed by atoms with Gasteiger partial charge >= 0.3 is 0 Å². The standard InChI is InChI=1S/C11H25N3O3S/c1-3-17-9-11(13-12)7-10-5-4-6-14(8-10)18(2,15)16/h10-11,13H,3-9,12H2,1-2H3. The number of rotatable bonds is 7. The molecule has 0 radical (unpaired) electrons. The highest BCUT2D eigenvalue weighted by Crippen LogP contribution is 2.22. The lowest BCUT2D eigenvalue weighted by Crippen LogP contribution is -2.44. The second-order valence-electron chi connectivity index (χ2n) is 4.89. The van der Waals surface area contributed by atoms with Crippen LogP contribution in [0, 0.1) is 5.92 Å². The number of hydrogen-bond acceptors (Lipinski definition) is 5. The summed E-state index contributed by atoms with van der Waals surface area (Å²) < 4.78 is 30.0. The first-order valence-electron chi connectivity index (χ1n) is 6.46. The van der Waals surface area contributed by atoms with Crippen LogP contribution in [0.25, 0.3) is 0 Å². The van der Waals surface area contributed by atoms with Gasteiger partial charge in [-0.25, -0.2) is 12.7 Å². The Bertz CT molecular complexity index is 334. The van der Waals surface area contributed by atoms with Gasteiger partial charge in [0.05, 0.1) is 12.9 Å². The number of hydrogen-bond donors (Lipinski definition) is 2. The topological polar surface area (TPSA) is 84.7 Å². The quantitative estimate of drug-likeness (QED) is 0.503. The number of sulfonamides is 1. The molecule has 1 aliphatic heterocycles. The maximum atomic E-state index is 11.5. The molecule has 1 saturated heterocycles. The number of nitrogens with zero attached hydrogens (tertiary/aromatic N) is 1. The van der Waals surface area contributed by atoms with Gasteiger partial charge in [0.1, 0.15) is 0 Å². The molecule has 0 spiro atoms. The summed E-state index contributed by atoms with van der Waals surface area (Å²) in [7, 11) is -3.07. The van der Waals surface area contributed by atoms with Gasteiger partial charge in [0.15, 0.2) is 0 Å². The van der Waals surface area contributed by atoms with Gasteiger partial charge in [-0.1, -0.05) is 0 Å². The molecule has 6 nitrogen and oxygen atoms in total. The van der Waals surface area contributed by atoms with Crippen LogP contribution in [0.5, 0.6) is 0 Å². The molecule has 0 aromatic heterocycles. The third-order valence-electron chi connectivity index (χ3n) is 3.33. The van der Waals surface area contributed by atoms with E-state index in [1.165, 1.54) is 6.26 Å². The fraction of sp³-hybridized carbons (Fsp3) is 1.00. The van der Waals surface area contributed by atoms with Gasteiger partial charge in [0.2, 0.25) is 10.0 Å². The fourth-order valence-corrected chi connectivity index (χ4v) is 3.31. The molecule has 0 aliphatic carbocycles. The molecule has 1 heterocycles. The first kappa shape index (κ1) is 15.8. The molecule has 3 N–H and O–H groups in total. The van der Waals surface area contributed by atoms with E-state index in [1.54, 1.807) is 4.31 Å². The van der Waals surface area contributed by atoms with Crippen molar-refractivity contribution < 1.29 is 13.2 Å². The predicted octanol–water partition coefficient (Wildman–Crippen LogP) is -0.0835. The molecule has 1 fully saturated rings. The number of nitrogens with one attached hydrogen (secondary N) is 1. The maximum Gasteiger partial charge on any atom is 0.211 e. The Morgan fingerprint density at radius 2 is 2.28 bits per heavy atom. The van der Waals surface area contributed by atoms with Gasteiger partial charge in [-0.05, 0) is 32.1 Å². The monoisotopic (exact) mass is 279 g/mol. The fourth-order valence-electron chi connectivity index (χ4n) is 2.37. The molecule has 18 heavy (non-hydrogen) atoms. The zero-order valence-corrected chi connectivity index (χ0v) is 12.1. The highest BCUT2D eigenvalue weighted by molar-refractivity contribution is 7.88. The summed E-state index contributed by atoms with van der Waals surface area (Å²) in [5.74, 6) is 5.85. The van der Waals surface area contributed by atoms with Crippen LogP contribution in [0.1, 0.15) is 26.2 Å². The zero-order valence-electron chi connectivity index (χ0n) is 11.3. The van der Waals surface area contributed by atoms with Crippen molar-refractivity contribution in [2.45, 2.75) is 32.2 Å². The van der Waals surface area contributed by atoms with Gasteiger partial charge < -0.3 is 4.74 Å². The van der Waals surface area contributed by atoms with Crippen molar-refractivity contribution in [3.05, 3.63) is 0 Å². The van der Waals surface area contributed by atoms with E-state index in [1.807, 2.05) is 6.92 Å². The highest BCUT2D eigenvalue weighted by Gasteiger charge is 2.27. The van der Waals surface area contributed by atoms with Crippen LogP contribution in [-0.4, -0.2) is 51.3 Å². The number of hydrazine groups is 1. The van der Waals surface area contributed by atoms with Crippen molar-refractivity contribution in [3.63, 3.8) is 0 Å². The first-order valence-corrected chi connectivity index (χ1v) is 8.31. The van der Waals surface area contributed by atoms with E-state index >= 15 is 0 Å². The largest absolute Gasteiger partial charge is 0.380 e. The van der Waals surface area contributed by atoms with E-state index in [-0.39, 0.29) is 6.04 Å². The molecule has 1 aliphatic rings. The van der Waals surface area contributed by atoms with Crippen molar-refractivity contribution in [2.75, 3.05) is 32.6 Å². The molecule has 0 amide bonds. The number of nitrogens with two attached hydrogens (primary N) is 1. The smallest absolute Gasteiger partial charge is 0.211 e. The number of ether oxygens (including phenoxy) is 1. The van der Waals surface area contributed by atoms with Gasteiger partial charge in [-0.2, -0.15) is 0 Å². The molecule has 2 atom stereocenters. The van der Waals surface area contributed by atoms with Gasteiger partial charge in [-0.3, -0.25) is 11.3 Å². The van der Waals surface area contributed by atoms with E-state index in [2.05, 4.69) is 5.43 Å². The third-order valence-corrected chi connectivity index (χ3v) is 4.60. The molecule has 7 heteroatoms. The van der Waals surface area contributed by atoms with Crippen molar-refractivity contribution in [1.82, 2.24) is 9.73 Å². The summed E-state index contributed by atoms with van der Waals surface area (Å²) in [6.07, 6.45) is 4.09. The summed E-state index contributed by atoms with van der Waals surface area (Å²) in [5.41, 5.74) is 2.74. The van der Waals surface area contributed by atoms with Gasteiger partial charge in [-0.15, -0.1) is 0 Å². The van der Waals surface area contributed by atoms with Crippen LogP contribution in [0.2, 0.25) is 0 Å². The molecule has 1 rings (SSSR count). The highest BCUT2D eigenvalue weighted by atomic mass is 32.2. The first-order chi connectivity index (χ1) is 8.47. The van der Waals surface area contributed by atoms with Crippen molar-refractivity contribution in [3.8, 4) is 0 Å². The Hall–Kier alpha value is -0.210. The van der Waals surface area contributed by atoms with Gasteiger partial charge in [0.25, 0.3) is 0 Å². The summed E-state index contributed by atoms with van der Waals surface area (Å²) >= 11 is 0. The lowest BCUT2D eigenvalue weighted by Gasteiger charge is -2.32. The molecular formula is C11H25N3O3S. The zero-order chi connectivity index (χ0) is 13.6. The summed E-state index contributed by atoms with van der Waals surface area (Å²) in [4.78, 5) is 0. The lowest BCUT2D eigenvalue weighted by molar-refractivity contribution is 0.108. The average Bonchev–Trinajstić information content (AvgIpc) is 2.33. The van der Waals surface area contributed by atoms with E-state index in [9.17, 15) is 8.42 Å². The Morgan fingerprint density at radius 1 is 1.56 bits per heavy atom. The second-order valence-corrected chi connectivity index (χ2v) is 6.87. The Morgan fingerprint density at radius 3 is 2.83 bits per heavy atom. The van der Waals surface area contributed by atoms with Crippen LogP contribution < -0.4 is 11.3 Å².